The number of rotatable bonds is 5. The molecule has 0 heterocycles. The van der Waals surface area contributed by atoms with E-state index in [1.54, 1.807) is 0 Å². The molecule has 0 unspecified atom stereocenters. The Bertz CT molecular complexity index is 197. The second kappa shape index (κ2) is 6.80. The highest BCUT2D eigenvalue weighted by Crippen LogP contribution is 2.17. The summed E-state index contributed by atoms with van der Waals surface area (Å²) in [6.45, 7) is 3.08. The molecule has 4 heteroatoms. The summed E-state index contributed by atoms with van der Waals surface area (Å²) in [6.07, 6.45) is 4.75. The maximum absolute atomic E-state index is 11.3. The van der Waals surface area contributed by atoms with E-state index in [1.807, 2.05) is 6.92 Å². The first-order chi connectivity index (χ1) is 7.24. The molecule has 0 radical (unpaired) electrons. The molecular weight excluding hydrogens is 192 g/mol. The Morgan fingerprint density at radius 2 is 2.13 bits per heavy atom. The lowest BCUT2D eigenvalue weighted by Gasteiger charge is -2.28. The van der Waals surface area contributed by atoms with Gasteiger partial charge in [-0.15, -0.1) is 0 Å². The fourth-order valence-electron chi connectivity index (χ4n) is 1.90. The summed E-state index contributed by atoms with van der Waals surface area (Å²) < 4.78 is 0. The molecule has 3 N–H and O–H groups in total. The number of hydrogen-bond acceptors (Lipinski definition) is 3. The minimum atomic E-state index is -0.280. The van der Waals surface area contributed by atoms with E-state index in [0.29, 0.717) is 6.54 Å². The number of aliphatic hydroxyl groups is 1. The van der Waals surface area contributed by atoms with Gasteiger partial charge in [-0.25, -0.2) is 0 Å². The van der Waals surface area contributed by atoms with Gasteiger partial charge < -0.3 is 15.7 Å². The van der Waals surface area contributed by atoms with Crippen LogP contribution in [0.4, 0.5) is 0 Å². The molecule has 1 saturated carbocycles. The number of amides is 1. The summed E-state index contributed by atoms with van der Waals surface area (Å²) in [7, 11) is 0. The van der Waals surface area contributed by atoms with Crippen LogP contribution in [0, 0.1) is 0 Å². The second-order valence-electron chi connectivity index (χ2n) is 4.19. The zero-order valence-electron chi connectivity index (χ0n) is 9.46. The van der Waals surface area contributed by atoms with Crippen LogP contribution < -0.4 is 10.6 Å². The molecule has 1 rings (SSSR count). The van der Waals surface area contributed by atoms with Crippen molar-refractivity contribution in [2.45, 2.75) is 51.2 Å². The quantitative estimate of drug-likeness (QED) is 0.621. The molecule has 88 valence electrons. The van der Waals surface area contributed by atoms with E-state index in [9.17, 15) is 9.90 Å². The standard InChI is InChI=1S/C11H22N2O2/c1-2-7-12-11(15)8-13-9-5-3-4-6-10(9)14/h9-10,13-14H,2-8H2,1H3,(H,12,15)/t9-,10-/m0/s1. The molecule has 0 spiro atoms. The fourth-order valence-corrected chi connectivity index (χ4v) is 1.90. The molecule has 1 fully saturated rings. The molecule has 0 aromatic heterocycles. The highest BCUT2D eigenvalue weighted by atomic mass is 16.3. The summed E-state index contributed by atoms with van der Waals surface area (Å²) in [5, 5.41) is 15.6. The number of aliphatic hydroxyl groups excluding tert-OH is 1. The molecule has 1 aliphatic carbocycles. The van der Waals surface area contributed by atoms with Crippen molar-refractivity contribution in [2.75, 3.05) is 13.1 Å². The SMILES string of the molecule is CCCNC(=O)CN[C@H]1CCCC[C@@H]1O. The molecule has 4 nitrogen and oxygen atoms in total. The Kier molecular flexibility index (Phi) is 5.65. The summed E-state index contributed by atoms with van der Waals surface area (Å²) in [4.78, 5) is 11.3. The largest absolute Gasteiger partial charge is 0.392 e. The molecule has 15 heavy (non-hydrogen) atoms. The van der Waals surface area contributed by atoms with Crippen molar-refractivity contribution in [1.82, 2.24) is 10.6 Å². The van der Waals surface area contributed by atoms with Gasteiger partial charge in [0.2, 0.25) is 5.91 Å². The van der Waals surface area contributed by atoms with Crippen LogP contribution in [0.25, 0.3) is 0 Å². The van der Waals surface area contributed by atoms with Crippen molar-refractivity contribution in [3.63, 3.8) is 0 Å². The van der Waals surface area contributed by atoms with Crippen molar-refractivity contribution >= 4 is 5.91 Å². The monoisotopic (exact) mass is 214 g/mol. The van der Waals surface area contributed by atoms with E-state index in [2.05, 4.69) is 10.6 Å². The fraction of sp³-hybridized carbons (Fsp3) is 0.909. The highest BCUT2D eigenvalue weighted by Gasteiger charge is 2.22. The highest BCUT2D eigenvalue weighted by molar-refractivity contribution is 5.77. The van der Waals surface area contributed by atoms with Gasteiger partial charge in [0.15, 0.2) is 0 Å². The van der Waals surface area contributed by atoms with E-state index in [4.69, 9.17) is 0 Å². The minimum Gasteiger partial charge on any atom is -0.392 e. The van der Waals surface area contributed by atoms with E-state index in [0.717, 1.165) is 38.6 Å². The zero-order chi connectivity index (χ0) is 11.1. The molecular formula is C11H22N2O2. The van der Waals surface area contributed by atoms with Gasteiger partial charge in [0.25, 0.3) is 0 Å². The van der Waals surface area contributed by atoms with Gasteiger partial charge in [-0.2, -0.15) is 0 Å². The average Bonchev–Trinajstić information content (AvgIpc) is 2.25. The Morgan fingerprint density at radius 1 is 1.40 bits per heavy atom. The van der Waals surface area contributed by atoms with Gasteiger partial charge in [0.05, 0.1) is 12.6 Å². The second-order valence-corrected chi connectivity index (χ2v) is 4.19. The smallest absolute Gasteiger partial charge is 0.233 e. The van der Waals surface area contributed by atoms with Crippen molar-refractivity contribution in [3.05, 3.63) is 0 Å². The maximum Gasteiger partial charge on any atom is 0.233 e. The summed E-state index contributed by atoms with van der Waals surface area (Å²) >= 11 is 0. The number of carbonyl (C=O) groups excluding carboxylic acids is 1. The third kappa shape index (κ3) is 4.62. The van der Waals surface area contributed by atoms with Crippen LogP contribution in [0.1, 0.15) is 39.0 Å². The van der Waals surface area contributed by atoms with Crippen LogP contribution in [0.3, 0.4) is 0 Å². The van der Waals surface area contributed by atoms with Gasteiger partial charge in [0, 0.05) is 12.6 Å². The molecule has 2 atom stereocenters. The van der Waals surface area contributed by atoms with Crippen LogP contribution in [0.5, 0.6) is 0 Å². The first-order valence-corrected chi connectivity index (χ1v) is 5.92. The van der Waals surface area contributed by atoms with Crippen molar-refractivity contribution in [1.29, 1.82) is 0 Å². The van der Waals surface area contributed by atoms with Crippen molar-refractivity contribution in [3.8, 4) is 0 Å². The molecule has 1 amide bonds. The third-order valence-corrected chi connectivity index (χ3v) is 2.83. The lowest BCUT2D eigenvalue weighted by molar-refractivity contribution is -0.120. The number of carbonyl (C=O) groups is 1. The minimum absolute atomic E-state index is 0.0228. The van der Waals surface area contributed by atoms with Crippen LogP contribution in [0.15, 0.2) is 0 Å². The summed E-state index contributed by atoms with van der Waals surface area (Å²) in [5.41, 5.74) is 0. The first kappa shape index (κ1) is 12.5. The van der Waals surface area contributed by atoms with Crippen LogP contribution >= 0.6 is 0 Å². The van der Waals surface area contributed by atoms with Gasteiger partial charge >= 0.3 is 0 Å². The lowest BCUT2D eigenvalue weighted by Crippen LogP contribution is -2.46. The van der Waals surface area contributed by atoms with Gasteiger partial charge in [-0.05, 0) is 19.3 Å². The molecule has 0 aromatic rings. The van der Waals surface area contributed by atoms with Gasteiger partial charge in [-0.3, -0.25) is 4.79 Å². The first-order valence-electron chi connectivity index (χ1n) is 5.92. The number of nitrogens with one attached hydrogen (secondary N) is 2. The van der Waals surface area contributed by atoms with E-state index in [-0.39, 0.29) is 18.1 Å². The maximum atomic E-state index is 11.3. The Morgan fingerprint density at radius 3 is 2.80 bits per heavy atom. The van der Waals surface area contributed by atoms with Crippen LogP contribution in [0.2, 0.25) is 0 Å². The van der Waals surface area contributed by atoms with Gasteiger partial charge in [-0.1, -0.05) is 19.8 Å². The van der Waals surface area contributed by atoms with Crippen LogP contribution in [-0.4, -0.2) is 36.2 Å². The Hall–Kier alpha value is -0.610. The van der Waals surface area contributed by atoms with Gasteiger partial charge in [0.1, 0.15) is 0 Å². The average molecular weight is 214 g/mol. The third-order valence-electron chi connectivity index (χ3n) is 2.83. The lowest BCUT2D eigenvalue weighted by atomic mass is 9.93. The zero-order valence-corrected chi connectivity index (χ0v) is 9.46. The predicted molar refractivity (Wildman–Crippen MR) is 59.6 cm³/mol. The predicted octanol–water partition coefficient (Wildman–Crippen LogP) is 0.406. The Labute approximate surface area is 91.4 Å². The van der Waals surface area contributed by atoms with E-state index < -0.39 is 0 Å². The topological polar surface area (TPSA) is 61.4 Å². The molecule has 0 bridgehead atoms. The molecule has 1 aliphatic rings. The molecule has 0 aromatic carbocycles. The summed E-state index contributed by atoms with van der Waals surface area (Å²) in [6, 6.07) is 0.103. The number of hydrogen-bond donors (Lipinski definition) is 3. The molecule has 0 saturated heterocycles. The normalized spacial score (nSPS) is 26.3. The van der Waals surface area contributed by atoms with E-state index in [1.165, 1.54) is 0 Å². The van der Waals surface area contributed by atoms with Crippen molar-refractivity contribution in [2.24, 2.45) is 0 Å². The van der Waals surface area contributed by atoms with Crippen LogP contribution in [-0.2, 0) is 4.79 Å². The Balaban J connectivity index is 2.14. The molecule has 0 aliphatic heterocycles. The summed E-state index contributed by atoms with van der Waals surface area (Å²) in [5.74, 6) is 0.0228. The van der Waals surface area contributed by atoms with Crippen molar-refractivity contribution < 1.29 is 9.90 Å². The van der Waals surface area contributed by atoms with E-state index >= 15 is 0 Å².